The van der Waals surface area contributed by atoms with E-state index in [1.54, 1.807) is 0 Å². The number of fused-ring (bicyclic) bond motifs is 1. The number of nitrogens with two attached hydrogens (primary N) is 1. The van der Waals surface area contributed by atoms with Crippen LogP contribution < -0.4 is 20.7 Å². The van der Waals surface area contributed by atoms with Crippen molar-refractivity contribution in [2.24, 2.45) is 5.14 Å². The van der Waals surface area contributed by atoms with Crippen LogP contribution >= 0.6 is 0 Å². The summed E-state index contributed by atoms with van der Waals surface area (Å²) in [5.74, 6) is -0.341. The summed E-state index contributed by atoms with van der Waals surface area (Å²) in [5, 5.41) is 10.8. The van der Waals surface area contributed by atoms with Crippen molar-refractivity contribution in [3.63, 3.8) is 0 Å². The van der Waals surface area contributed by atoms with E-state index in [2.05, 4.69) is 10.6 Å². The number of hydrogen-bond donors (Lipinski definition) is 3. The Morgan fingerprint density at radius 2 is 1.83 bits per heavy atom. The second-order valence-corrected chi connectivity index (χ2v) is 9.14. The van der Waals surface area contributed by atoms with Crippen LogP contribution in [-0.4, -0.2) is 39.4 Å². The third kappa shape index (κ3) is 5.17. The summed E-state index contributed by atoms with van der Waals surface area (Å²) in [5.41, 5.74) is 2.96. The SMILES string of the molecule is CC(C)NC(=O)c1cccc2c1CCCN2CC(=O)Nc1ccc(S(N)(=O)=O)cc1. The van der Waals surface area contributed by atoms with Crippen LogP contribution in [0.25, 0.3) is 0 Å². The molecule has 2 aromatic rings. The minimum atomic E-state index is -3.78. The molecular weight excluding hydrogens is 404 g/mol. The highest BCUT2D eigenvalue weighted by Gasteiger charge is 2.24. The number of carbonyl (C=O) groups is 2. The topological polar surface area (TPSA) is 122 Å². The molecule has 0 saturated carbocycles. The van der Waals surface area contributed by atoms with Gasteiger partial charge in [0.25, 0.3) is 5.91 Å². The van der Waals surface area contributed by atoms with E-state index in [1.807, 2.05) is 36.9 Å². The molecule has 0 fully saturated rings. The zero-order chi connectivity index (χ0) is 21.9. The number of primary sulfonamides is 1. The van der Waals surface area contributed by atoms with Gasteiger partial charge in [0, 0.05) is 29.5 Å². The Hall–Kier alpha value is -2.91. The first-order valence-corrected chi connectivity index (χ1v) is 11.3. The lowest BCUT2D eigenvalue weighted by Crippen LogP contribution is -2.38. The van der Waals surface area contributed by atoms with Gasteiger partial charge in [0.15, 0.2) is 0 Å². The molecule has 1 aliphatic heterocycles. The van der Waals surface area contributed by atoms with Gasteiger partial charge in [0.1, 0.15) is 0 Å². The smallest absolute Gasteiger partial charge is 0.251 e. The Bertz CT molecular complexity index is 1050. The highest BCUT2D eigenvalue weighted by molar-refractivity contribution is 7.89. The second kappa shape index (κ2) is 8.85. The molecule has 0 atom stereocenters. The predicted octanol–water partition coefficient (Wildman–Crippen LogP) is 1.86. The molecule has 1 aliphatic rings. The van der Waals surface area contributed by atoms with Gasteiger partial charge in [0.05, 0.1) is 11.4 Å². The van der Waals surface area contributed by atoms with Gasteiger partial charge in [-0.05, 0) is 68.7 Å². The number of nitrogens with one attached hydrogen (secondary N) is 2. The van der Waals surface area contributed by atoms with E-state index in [9.17, 15) is 18.0 Å². The molecule has 3 rings (SSSR count). The zero-order valence-corrected chi connectivity index (χ0v) is 17.8. The summed E-state index contributed by atoms with van der Waals surface area (Å²) >= 11 is 0. The van der Waals surface area contributed by atoms with E-state index >= 15 is 0 Å². The molecule has 1 heterocycles. The molecule has 0 aliphatic carbocycles. The Kier molecular flexibility index (Phi) is 6.42. The van der Waals surface area contributed by atoms with Crippen molar-refractivity contribution in [2.45, 2.75) is 37.6 Å². The van der Waals surface area contributed by atoms with Crippen LogP contribution in [0.15, 0.2) is 47.4 Å². The fraction of sp³-hybridized carbons (Fsp3) is 0.333. The van der Waals surface area contributed by atoms with Crippen LogP contribution in [0.4, 0.5) is 11.4 Å². The lowest BCUT2D eigenvalue weighted by atomic mass is 9.95. The lowest BCUT2D eigenvalue weighted by molar-refractivity contribution is -0.115. The van der Waals surface area contributed by atoms with Crippen LogP contribution in [0.3, 0.4) is 0 Å². The highest BCUT2D eigenvalue weighted by Crippen LogP contribution is 2.30. The first-order chi connectivity index (χ1) is 14.1. The van der Waals surface area contributed by atoms with Gasteiger partial charge in [-0.2, -0.15) is 0 Å². The molecule has 8 nitrogen and oxygen atoms in total. The summed E-state index contributed by atoms with van der Waals surface area (Å²) in [4.78, 5) is 27.0. The third-order valence-corrected chi connectivity index (χ3v) is 5.74. The summed E-state index contributed by atoms with van der Waals surface area (Å²) in [7, 11) is -3.78. The van der Waals surface area contributed by atoms with Crippen molar-refractivity contribution < 1.29 is 18.0 Å². The number of hydrogen-bond acceptors (Lipinski definition) is 5. The second-order valence-electron chi connectivity index (χ2n) is 7.57. The molecule has 30 heavy (non-hydrogen) atoms. The normalized spacial score (nSPS) is 13.7. The number of sulfonamides is 1. The van der Waals surface area contributed by atoms with Crippen molar-refractivity contribution in [1.82, 2.24) is 5.32 Å². The average Bonchev–Trinajstić information content (AvgIpc) is 2.67. The molecule has 0 saturated heterocycles. The lowest BCUT2D eigenvalue weighted by Gasteiger charge is -2.32. The summed E-state index contributed by atoms with van der Waals surface area (Å²) in [6.07, 6.45) is 1.62. The molecule has 0 unspecified atom stereocenters. The molecule has 0 bridgehead atoms. The standard InChI is InChI=1S/C21H26N4O4S/c1-14(2)23-21(27)18-5-3-7-19-17(18)6-4-12-25(19)13-20(26)24-15-8-10-16(11-9-15)30(22,28)29/h3,5,7-11,14H,4,6,12-13H2,1-2H3,(H,23,27)(H,24,26)(H2,22,28,29). The van der Waals surface area contributed by atoms with Crippen molar-refractivity contribution in [1.29, 1.82) is 0 Å². The Morgan fingerprint density at radius 1 is 1.13 bits per heavy atom. The fourth-order valence-electron chi connectivity index (χ4n) is 3.52. The summed E-state index contributed by atoms with van der Waals surface area (Å²) < 4.78 is 22.7. The van der Waals surface area contributed by atoms with E-state index in [1.165, 1.54) is 24.3 Å². The van der Waals surface area contributed by atoms with Gasteiger partial charge in [-0.1, -0.05) is 6.07 Å². The van der Waals surface area contributed by atoms with Crippen molar-refractivity contribution in [3.8, 4) is 0 Å². The number of benzene rings is 2. The van der Waals surface area contributed by atoms with Gasteiger partial charge < -0.3 is 15.5 Å². The maximum absolute atomic E-state index is 12.6. The van der Waals surface area contributed by atoms with E-state index < -0.39 is 10.0 Å². The molecule has 160 valence electrons. The zero-order valence-electron chi connectivity index (χ0n) is 17.0. The Morgan fingerprint density at radius 3 is 2.47 bits per heavy atom. The molecule has 2 aromatic carbocycles. The number of amides is 2. The monoisotopic (exact) mass is 430 g/mol. The van der Waals surface area contributed by atoms with E-state index in [0.717, 1.165) is 24.1 Å². The van der Waals surface area contributed by atoms with Crippen molar-refractivity contribution >= 4 is 33.2 Å². The first kappa shape index (κ1) is 21.8. The predicted molar refractivity (Wildman–Crippen MR) is 116 cm³/mol. The summed E-state index contributed by atoms with van der Waals surface area (Å²) in [6, 6.07) is 11.3. The van der Waals surface area contributed by atoms with Crippen molar-refractivity contribution in [3.05, 3.63) is 53.6 Å². The molecule has 4 N–H and O–H groups in total. The van der Waals surface area contributed by atoms with Gasteiger partial charge in [0.2, 0.25) is 15.9 Å². The van der Waals surface area contributed by atoms with Crippen LogP contribution in [0, 0.1) is 0 Å². The van der Waals surface area contributed by atoms with Crippen LogP contribution in [0.1, 0.15) is 36.2 Å². The maximum atomic E-state index is 12.6. The number of anilines is 2. The van der Waals surface area contributed by atoms with E-state index in [4.69, 9.17) is 5.14 Å². The van der Waals surface area contributed by atoms with Crippen LogP contribution in [-0.2, 0) is 21.2 Å². The minimum absolute atomic E-state index is 0.0161. The van der Waals surface area contributed by atoms with Gasteiger partial charge in [-0.25, -0.2) is 13.6 Å². The molecule has 0 spiro atoms. The first-order valence-electron chi connectivity index (χ1n) is 9.75. The Balaban J connectivity index is 1.73. The number of rotatable bonds is 6. The van der Waals surface area contributed by atoms with Crippen LogP contribution in [0.2, 0.25) is 0 Å². The molecule has 0 aromatic heterocycles. The van der Waals surface area contributed by atoms with Gasteiger partial charge in [-0.15, -0.1) is 0 Å². The minimum Gasteiger partial charge on any atom is -0.362 e. The summed E-state index contributed by atoms with van der Waals surface area (Å²) in [6.45, 7) is 4.66. The van der Waals surface area contributed by atoms with Gasteiger partial charge >= 0.3 is 0 Å². The Labute approximate surface area is 176 Å². The van der Waals surface area contributed by atoms with Gasteiger partial charge in [-0.3, -0.25) is 9.59 Å². The molecular formula is C21H26N4O4S. The highest BCUT2D eigenvalue weighted by atomic mass is 32.2. The maximum Gasteiger partial charge on any atom is 0.251 e. The molecule has 0 radical (unpaired) electrons. The largest absolute Gasteiger partial charge is 0.362 e. The number of nitrogens with zero attached hydrogens (tertiary/aromatic N) is 1. The quantitative estimate of drug-likeness (QED) is 0.646. The van der Waals surface area contributed by atoms with Crippen molar-refractivity contribution in [2.75, 3.05) is 23.3 Å². The molecule has 2 amide bonds. The molecule has 9 heteroatoms. The fourth-order valence-corrected chi connectivity index (χ4v) is 4.03. The average molecular weight is 431 g/mol. The van der Waals surface area contributed by atoms with E-state index in [0.29, 0.717) is 17.8 Å². The van der Waals surface area contributed by atoms with Crippen LogP contribution in [0.5, 0.6) is 0 Å². The van der Waals surface area contributed by atoms with E-state index in [-0.39, 0.29) is 29.3 Å². The third-order valence-electron chi connectivity index (χ3n) is 4.81. The number of carbonyl (C=O) groups excluding carboxylic acids is 2.